The van der Waals surface area contributed by atoms with Crippen molar-refractivity contribution in [1.29, 1.82) is 0 Å². The van der Waals surface area contributed by atoms with Crippen LogP contribution in [0.5, 0.6) is 0 Å². The Morgan fingerprint density at radius 3 is 2.90 bits per heavy atom. The molecule has 3 nitrogen and oxygen atoms in total. The third-order valence-corrected chi connectivity index (χ3v) is 5.30. The number of hydrogen-bond donors (Lipinski definition) is 2. The lowest BCUT2D eigenvalue weighted by molar-refractivity contribution is -0.118. The highest BCUT2D eigenvalue weighted by Crippen LogP contribution is 2.58. The van der Waals surface area contributed by atoms with Crippen LogP contribution in [0.4, 0.5) is 5.69 Å². The van der Waals surface area contributed by atoms with Crippen molar-refractivity contribution in [2.45, 2.75) is 32.6 Å². The molecule has 0 radical (unpaired) electrons. The zero-order valence-corrected chi connectivity index (χ0v) is 13.4. The van der Waals surface area contributed by atoms with Gasteiger partial charge in [0.25, 0.3) is 0 Å². The first-order valence-corrected chi connectivity index (χ1v) is 8.24. The van der Waals surface area contributed by atoms with E-state index in [4.69, 9.17) is 0 Å². The number of hydrogen-bond acceptors (Lipinski definition) is 2. The van der Waals surface area contributed by atoms with Crippen molar-refractivity contribution in [2.75, 3.05) is 18.4 Å². The van der Waals surface area contributed by atoms with Crippen LogP contribution in [0.1, 0.15) is 31.7 Å². The number of carbonyl (C=O) groups excluding carboxylic acids is 1. The van der Waals surface area contributed by atoms with Gasteiger partial charge in [0.1, 0.15) is 0 Å². The minimum atomic E-state index is 0.212. The minimum Gasteiger partial charge on any atom is -0.326 e. The number of carbonyl (C=O) groups is 1. The van der Waals surface area contributed by atoms with Crippen molar-refractivity contribution in [3.63, 3.8) is 0 Å². The van der Waals surface area contributed by atoms with E-state index >= 15 is 0 Å². The van der Waals surface area contributed by atoms with Gasteiger partial charge in [0.15, 0.2) is 0 Å². The highest BCUT2D eigenvalue weighted by molar-refractivity contribution is 9.10. The van der Waals surface area contributed by atoms with Gasteiger partial charge in [-0.2, -0.15) is 0 Å². The number of benzene rings is 1. The van der Waals surface area contributed by atoms with Crippen LogP contribution in [0.25, 0.3) is 0 Å². The minimum absolute atomic E-state index is 0.212. The van der Waals surface area contributed by atoms with Gasteiger partial charge in [0.2, 0.25) is 5.91 Å². The molecule has 0 aromatic heterocycles. The zero-order chi connectivity index (χ0) is 14.2. The Balaban J connectivity index is 1.68. The number of nitrogens with one attached hydrogen (secondary N) is 2. The lowest BCUT2D eigenvalue weighted by Crippen LogP contribution is -2.31. The number of amides is 1. The van der Waals surface area contributed by atoms with Gasteiger partial charge >= 0.3 is 0 Å². The molecule has 1 saturated heterocycles. The topological polar surface area (TPSA) is 41.1 Å². The molecule has 4 heteroatoms. The van der Waals surface area contributed by atoms with Gasteiger partial charge in [-0.15, -0.1) is 0 Å². The molecular weight excluding hydrogens is 316 g/mol. The Morgan fingerprint density at radius 1 is 1.45 bits per heavy atom. The van der Waals surface area contributed by atoms with Crippen LogP contribution in [0.2, 0.25) is 0 Å². The molecule has 1 atom stereocenters. The standard InChI is InChI=1S/C16H21BrN2O/c1-2-11-9-12(17)3-4-14(11)19-15(20)13-10-16(13)5-7-18-8-6-16/h3-4,9,13,18H,2,5-8,10H2,1H3,(H,19,20). The predicted molar refractivity (Wildman–Crippen MR) is 84.8 cm³/mol. The van der Waals surface area contributed by atoms with Crippen molar-refractivity contribution in [1.82, 2.24) is 5.32 Å². The molecule has 1 unspecified atom stereocenters. The van der Waals surface area contributed by atoms with Gasteiger partial charge in [-0.05, 0) is 68.0 Å². The molecule has 2 aliphatic rings. The predicted octanol–water partition coefficient (Wildman–Crippen LogP) is 3.34. The lowest BCUT2D eigenvalue weighted by Gasteiger charge is -2.23. The van der Waals surface area contributed by atoms with Gasteiger partial charge < -0.3 is 10.6 Å². The molecule has 1 amide bonds. The smallest absolute Gasteiger partial charge is 0.228 e. The largest absolute Gasteiger partial charge is 0.326 e. The Bertz CT molecular complexity index is 523. The van der Waals surface area contributed by atoms with Crippen molar-refractivity contribution >= 4 is 27.5 Å². The third-order valence-electron chi connectivity index (χ3n) is 4.81. The first-order valence-electron chi connectivity index (χ1n) is 7.45. The van der Waals surface area contributed by atoms with Gasteiger partial charge in [-0.3, -0.25) is 4.79 Å². The second-order valence-corrected chi connectivity index (χ2v) is 6.93. The second-order valence-electron chi connectivity index (χ2n) is 6.01. The monoisotopic (exact) mass is 336 g/mol. The van der Waals surface area contributed by atoms with Crippen molar-refractivity contribution < 1.29 is 4.79 Å². The number of piperidine rings is 1. The van der Waals surface area contributed by atoms with Crippen LogP contribution in [0, 0.1) is 11.3 Å². The van der Waals surface area contributed by atoms with E-state index in [2.05, 4.69) is 39.6 Å². The fourth-order valence-electron chi connectivity index (χ4n) is 3.39. The summed E-state index contributed by atoms with van der Waals surface area (Å²) in [7, 11) is 0. The number of rotatable bonds is 3. The summed E-state index contributed by atoms with van der Waals surface area (Å²) in [5.74, 6) is 0.432. The molecule has 1 aromatic rings. The first-order chi connectivity index (χ1) is 9.64. The molecule has 1 aromatic carbocycles. The maximum absolute atomic E-state index is 12.5. The van der Waals surface area contributed by atoms with Gasteiger partial charge in [0.05, 0.1) is 0 Å². The normalized spacial score (nSPS) is 23.6. The fraction of sp³-hybridized carbons (Fsp3) is 0.562. The molecule has 108 valence electrons. The summed E-state index contributed by atoms with van der Waals surface area (Å²) in [5, 5.41) is 6.52. The Hall–Kier alpha value is -0.870. The molecule has 1 saturated carbocycles. The Morgan fingerprint density at radius 2 is 2.20 bits per heavy atom. The van der Waals surface area contributed by atoms with E-state index < -0.39 is 0 Å². The third kappa shape index (κ3) is 2.63. The SMILES string of the molecule is CCc1cc(Br)ccc1NC(=O)C1CC12CCNCC2. The maximum atomic E-state index is 12.5. The highest BCUT2D eigenvalue weighted by Gasteiger charge is 2.57. The summed E-state index contributed by atoms with van der Waals surface area (Å²) in [6.45, 7) is 4.23. The second kappa shape index (κ2) is 5.49. The summed E-state index contributed by atoms with van der Waals surface area (Å²) in [4.78, 5) is 12.5. The molecule has 1 spiro atoms. The summed E-state index contributed by atoms with van der Waals surface area (Å²) in [6, 6.07) is 6.07. The van der Waals surface area contributed by atoms with Crippen LogP contribution in [-0.4, -0.2) is 19.0 Å². The van der Waals surface area contributed by atoms with Crippen molar-refractivity contribution in [2.24, 2.45) is 11.3 Å². The summed E-state index contributed by atoms with van der Waals surface area (Å²) in [6.07, 6.45) is 4.28. The molecule has 2 fully saturated rings. The van der Waals surface area contributed by atoms with E-state index in [0.717, 1.165) is 48.9 Å². The number of anilines is 1. The van der Waals surface area contributed by atoms with Crippen LogP contribution in [-0.2, 0) is 11.2 Å². The summed E-state index contributed by atoms with van der Waals surface area (Å²) < 4.78 is 1.06. The lowest BCUT2D eigenvalue weighted by atomic mass is 9.91. The molecule has 0 bridgehead atoms. The van der Waals surface area contributed by atoms with Gasteiger partial charge in [-0.1, -0.05) is 22.9 Å². The average Bonchev–Trinajstić information content (AvgIpc) is 3.15. The number of aryl methyl sites for hydroxylation is 1. The average molecular weight is 337 g/mol. The van der Waals surface area contributed by atoms with Crippen molar-refractivity contribution in [3.8, 4) is 0 Å². The van der Waals surface area contributed by atoms with E-state index in [1.54, 1.807) is 0 Å². The fourth-order valence-corrected chi connectivity index (χ4v) is 3.80. The zero-order valence-electron chi connectivity index (χ0n) is 11.8. The van der Waals surface area contributed by atoms with E-state index in [-0.39, 0.29) is 11.8 Å². The van der Waals surface area contributed by atoms with E-state index in [0.29, 0.717) is 5.41 Å². The summed E-state index contributed by atoms with van der Waals surface area (Å²) in [5.41, 5.74) is 2.46. The van der Waals surface area contributed by atoms with Gasteiger partial charge in [-0.25, -0.2) is 0 Å². The maximum Gasteiger partial charge on any atom is 0.228 e. The van der Waals surface area contributed by atoms with Crippen LogP contribution in [0.3, 0.4) is 0 Å². The molecule has 1 heterocycles. The molecule has 20 heavy (non-hydrogen) atoms. The van der Waals surface area contributed by atoms with Crippen molar-refractivity contribution in [3.05, 3.63) is 28.2 Å². The molecular formula is C16H21BrN2O. The Labute approximate surface area is 128 Å². The number of halogens is 1. The van der Waals surface area contributed by atoms with Crippen LogP contribution >= 0.6 is 15.9 Å². The summed E-state index contributed by atoms with van der Waals surface area (Å²) >= 11 is 3.48. The van der Waals surface area contributed by atoms with Crippen LogP contribution < -0.4 is 10.6 Å². The first kappa shape index (κ1) is 14.1. The molecule has 3 rings (SSSR count). The van der Waals surface area contributed by atoms with E-state index in [1.807, 2.05) is 12.1 Å². The highest BCUT2D eigenvalue weighted by atomic mass is 79.9. The van der Waals surface area contributed by atoms with Gasteiger partial charge in [0, 0.05) is 16.1 Å². The van der Waals surface area contributed by atoms with Crippen LogP contribution in [0.15, 0.2) is 22.7 Å². The quantitative estimate of drug-likeness (QED) is 0.888. The molecule has 1 aliphatic heterocycles. The molecule has 1 aliphatic carbocycles. The Kier molecular flexibility index (Phi) is 3.87. The molecule has 2 N–H and O–H groups in total. The van der Waals surface area contributed by atoms with E-state index in [9.17, 15) is 4.79 Å². The van der Waals surface area contributed by atoms with E-state index in [1.165, 1.54) is 5.56 Å².